The number of aromatic nitrogens is 1. The average Bonchev–Trinajstić information content (AvgIpc) is 2.46. The van der Waals surface area contributed by atoms with Crippen molar-refractivity contribution in [2.75, 3.05) is 19.1 Å². The van der Waals surface area contributed by atoms with Gasteiger partial charge in [-0.2, -0.15) is 5.26 Å². The monoisotopic (exact) mass is 239 g/mol. The summed E-state index contributed by atoms with van der Waals surface area (Å²) in [5.41, 5.74) is 1.40. The number of hydrogen-bond donors (Lipinski definition) is 0. The van der Waals surface area contributed by atoms with E-state index >= 15 is 0 Å². The molecule has 1 aromatic carbocycles. The van der Waals surface area contributed by atoms with Gasteiger partial charge in [0.2, 0.25) is 0 Å². The Hall–Kier alpha value is -2.54. The molecular formula is C14H13N3O. The van der Waals surface area contributed by atoms with Crippen LogP contribution in [-0.2, 0) is 0 Å². The molecule has 0 saturated heterocycles. The Morgan fingerprint density at radius 1 is 1.22 bits per heavy atom. The fourth-order valence-corrected chi connectivity index (χ4v) is 1.77. The summed E-state index contributed by atoms with van der Waals surface area (Å²) in [6, 6.07) is 13.3. The van der Waals surface area contributed by atoms with Crippen LogP contribution in [0.3, 0.4) is 0 Å². The lowest BCUT2D eigenvalue weighted by atomic mass is 10.2. The highest BCUT2D eigenvalue weighted by atomic mass is 16.5. The van der Waals surface area contributed by atoms with Crippen molar-refractivity contribution in [3.05, 3.63) is 48.2 Å². The maximum atomic E-state index is 9.09. The summed E-state index contributed by atoms with van der Waals surface area (Å²) in [7, 11) is 3.48. The summed E-state index contributed by atoms with van der Waals surface area (Å²) in [4.78, 5) is 6.09. The summed E-state index contributed by atoms with van der Waals surface area (Å²) >= 11 is 0. The van der Waals surface area contributed by atoms with Crippen LogP contribution >= 0.6 is 0 Å². The molecule has 0 saturated carbocycles. The Morgan fingerprint density at radius 3 is 2.72 bits per heavy atom. The second-order valence-corrected chi connectivity index (χ2v) is 3.72. The van der Waals surface area contributed by atoms with E-state index in [9.17, 15) is 0 Å². The third-order valence-corrected chi connectivity index (χ3v) is 2.67. The zero-order chi connectivity index (χ0) is 13.0. The smallest absolute Gasteiger partial charge is 0.150 e. The number of rotatable bonds is 3. The van der Waals surface area contributed by atoms with Gasteiger partial charge in [-0.3, -0.25) is 0 Å². The third-order valence-electron chi connectivity index (χ3n) is 2.67. The van der Waals surface area contributed by atoms with Gasteiger partial charge in [-0.25, -0.2) is 4.98 Å². The number of benzene rings is 1. The molecule has 4 nitrogen and oxygen atoms in total. The van der Waals surface area contributed by atoms with Gasteiger partial charge in [0.25, 0.3) is 0 Å². The molecular weight excluding hydrogens is 226 g/mol. The largest absolute Gasteiger partial charge is 0.495 e. The van der Waals surface area contributed by atoms with E-state index in [1.54, 1.807) is 25.4 Å². The minimum atomic E-state index is 0.533. The van der Waals surface area contributed by atoms with Gasteiger partial charge in [0, 0.05) is 13.2 Å². The summed E-state index contributed by atoms with van der Waals surface area (Å²) in [5.74, 6) is 1.36. The van der Waals surface area contributed by atoms with Crippen LogP contribution in [0.1, 0.15) is 5.56 Å². The minimum Gasteiger partial charge on any atom is -0.495 e. The molecule has 0 atom stereocenters. The average molecular weight is 239 g/mol. The summed E-state index contributed by atoms with van der Waals surface area (Å²) in [6.07, 6.45) is 1.67. The highest BCUT2D eigenvalue weighted by molar-refractivity contribution is 5.69. The molecule has 1 heterocycles. The van der Waals surface area contributed by atoms with E-state index < -0.39 is 0 Å². The topological polar surface area (TPSA) is 49.1 Å². The van der Waals surface area contributed by atoms with Crippen LogP contribution < -0.4 is 9.64 Å². The molecule has 0 aliphatic heterocycles. The number of nitriles is 1. The molecule has 0 radical (unpaired) electrons. The molecule has 4 heteroatoms. The number of nitrogens with zero attached hydrogens (tertiary/aromatic N) is 3. The van der Waals surface area contributed by atoms with Gasteiger partial charge in [0.05, 0.1) is 18.4 Å². The van der Waals surface area contributed by atoms with E-state index in [-0.39, 0.29) is 0 Å². The first-order valence-electron chi connectivity index (χ1n) is 5.49. The number of para-hydroxylation sites is 2. The van der Waals surface area contributed by atoms with Crippen molar-refractivity contribution in [2.24, 2.45) is 0 Å². The lowest BCUT2D eigenvalue weighted by molar-refractivity contribution is 0.415. The summed E-state index contributed by atoms with van der Waals surface area (Å²) in [5, 5.41) is 9.09. The van der Waals surface area contributed by atoms with E-state index in [1.807, 2.05) is 36.2 Å². The van der Waals surface area contributed by atoms with Gasteiger partial charge in [-0.05, 0) is 24.3 Å². The molecule has 0 amide bonds. The van der Waals surface area contributed by atoms with Crippen LogP contribution in [0.2, 0.25) is 0 Å². The van der Waals surface area contributed by atoms with Crippen LogP contribution in [0.5, 0.6) is 5.75 Å². The SMILES string of the molecule is COc1ccccc1N(C)c1ncccc1C#N. The number of ether oxygens (including phenoxy) is 1. The van der Waals surface area contributed by atoms with E-state index in [4.69, 9.17) is 10.00 Å². The summed E-state index contributed by atoms with van der Waals surface area (Å²) in [6.45, 7) is 0. The van der Waals surface area contributed by atoms with Gasteiger partial charge in [-0.15, -0.1) is 0 Å². The molecule has 0 unspecified atom stereocenters. The molecule has 1 aromatic heterocycles. The van der Waals surface area contributed by atoms with Crippen LogP contribution in [0.4, 0.5) is 11.5 Å². The van der Waals surface area contributed by atoms with Gasteiger partial charge in [0.1, 0.15) is 11.8 Å². The lowest BCUT2D eigenvalue weighted by Crippen LogP contribution is -2.13. The van der Waals surface area contributed by atoms with Crippen LogP contribution in [0.25, 0.3) is 0 Å². The molecule has 0 N–H and O–H groups in total. The molecule has 0 spiro atoms. The quantitative estimate of drug-likeness (QED) is 0.826. The number of methoxy groups -OCH3 is 1. The number of anilines is 2. The fourth-order valence-electron chi connectivity index (χ4n) is 1.77. The van der Waals surface area contributed by atoms with Gasteiger partial charge in [-0.1, -0.05) is 12.1 Å². The van der Waals surface area contributed by atoms with Crippen molar-refractivity contribution in [2.45, 2.75) is 0 Å². The molecule has 0 aliphatic rings. The Balaban J connectivity index is 2.48. The number of pyridine rings is 1. The zero-order valence-electron chi connectivity index (χ0n) is 10.3. The Morgan fingerprint density at radius 2 is 2.00 bits per heavy atom. The molecule has 90 valence electrons. The van der Waals surface area contributed by atoms with Crippen molar-refractivity contribution >= 4 is 11.5 Å². The normalized spacial score (nSPS) is 9.61. The molecule has 2 aromatic rings. The summed E-state index contributed by atoms with van der Waals surface area (Å²) < 4.78 is 5.31. The minimum absolute atomic E-state index is 0.533. The predicted molar refractivity (Wildman–Crippen MR) is 70.0 cm³/mol. The van der Waals surface area contributed by atoms with E-state index in [1.165, 1.54) is 0 Å². The Labute approximate surface area is 106 Å². The van der Waals surface area contributed by atoms with Crippen molar-refractivity contribution in [1.29, 1.82) is 5.26 Å². The highest BCUT2D eigenvalue weighted by Crippen LogP contribution is 2.32. The van der Waals surface area contributed by atoms with Crippen LogP contribution in [0, 0.1) is 11.3 Å². The van der Waals surface area contributed by atoms with E-state index in [2.05, 4.69) is 11.1 Å². The van der Waals surface area contributed by atoms with Gasteiger partial charge >= 0.3 is 0 Å². The third kappa shape index (κ3) is 2.11. The predicted octanol–water partition coefficient (Wildman–Crippen LogP) is 2.73. The zero-order valence-corrected chi connectivity index (χ0v) is 10.3. The van der Waals surface area contributed by atoms with E-state index in [0.29, 0.717) is 11.4 Å². The van der Waals surface area contributed by atoms with E-state index in [0.717, 1.165) is 11.4 Å². The van der Waals surface area contributed by atoms with Crippen molar-refractivity contribution in [3.63, 3.8) is 0 Å². The number of hydrogen-bond acceptors (Lipinski definition) is 4. The fraction of sp³-hybridized carbons (Fsp3) is 0.143. The Bertz CT molecular complexity index is 590. The maximum Gasteiger partial charge on any atom is 0.150 e. The second-order valence-electron chi connectivity index (χ2n) is 3.72. The van der Waals surface area contributed by atoms with Crippen LogP contribution in [-0.4, -0.2) is 19.1 Å². The van der Waals surface area contributed by atoms with Crippen LogP contribution in [0.15, 0.2) is 42.6 Å². The molecule has 18 heavy (non-hydrogen) atoms. The molecule has 0 bridgehead atoms. The first-order chi connectivity index (χ1) is 8.77. The standard InChI is InChI=1S/C14H13N3O/c1-17(12-7-3-4-8-13(12)18-2)14-11(10-15)6-5-9-16-14/h3-9H,1-2H3. The van der Waals surface area contributed by atoms with Gasteiger partial charge < -0.3 is 9.64 Å². The first-order valence-corrected chi connectivity index (χ1v) is 5.49. The molecule has 2 rings (SSSR count). The van der Waals surface area contributed by atoms with Crippen molar-refractivity contribution < 1.29 is 4.74 Å². The van der Waals surface area contributed by atoms with Gasteiger partial charge in [0.15, 0.2) is 5.82 Å². The molecule has 0 aliphatic carbocycles. The van der Waals surface area contributed by atoms with Crippen molar-refractivity contribution in [1.82, 2.24) is 4.98 Å². The first kappa shape index (κ1) is 11.9. The second kappa shape index (κ2) is 5.19. The highest BCUT2D eigenvalue weighted by Gasteiger charge is 2.13. The maximum absolute atomic E-state index is 9.09. The lowest BCUT2D eigenvalue weighted by Gasteiger charge is -2.21. The molecule has 0 fully saturated rings. The van der Waals surface area contributed by atoms with Crippen molar-refractivity contribution in [3.8, 4) is 11.8 Å². The Kier molecular flexibility index (Phi) is 3.44.